The van der Waals surface area contributed by atoms with Crippen LogP contribution in [0.3, 0.4) is 0 Å². The Morgan fingerprint density at radius 3 is 2.45 bits per heavy atom. The highest BCUT2D eigenvalue weighted by molar-refractivity contribution is 6.34. The van der Waals surface area contributed by atoms with Crippen LogP contribution in [0.4, 0.5) is 11.4 Å². The summed E-state index contributed by atoms with van der Waals surface area (Å²) in [6.45, 7) is 4.00. The molecule has 0 spiro atoms. The Hall–Kier alpha value is -3.02. The third kappa shape index (κ3) is 4.70. The summed E-state index contributed by atoms with van der Waals surface area (Å²) in [7, 11) is 1.75. The second-order valence-electron chi connectivity index (χ2n) is 8.45. The van der Waals surface area contributed by atoms with Gasteiger partial charge < -0.3 is 15.5 Å². The molecule has 0 radical (unpaired) electrons. The van der Waals surface area contributed by atoms with Crippen LogP contribution in [0.1, 0.15) is 34.1 Å². The quantitative estimate of drug-likeness (QED) is 0.494. The summed E-state index contributed by atoms with van der Waals surface area (Å²) >= 11 is 12.8. The molecule has 33 heavy (non-hydrogen) atoms. The molecule has 0 saturated carbocycles. The molecule has 2 N–H and O–H groups in total. The van der Waals surface area contributed by atoms with E-state index >= 15 is 0 Å². The van der Waals surface area contributed by atoms with Crippen molar-refractivity contribution in [1.29, 1.82) is 0 Å². The highest BCUT2D eigenvalue weighted by atomic mass is 35.5. The summed E-state index contributed by atoms with van der Waals surface area (Å²) < 4.78 is 0. The third-order valence-corrected chi connectivity index (χ3v) is 6.73. The van der Waals surface area contributed by atoms with E-state index in [1.807, 2.05) is 18.2 Å². The van der Waals surface area contributed by atoms with Crippen LogP contribution in [0.5, 0.6) is 0 Å². The van der Waals surface area contributed by atoms with Crippen molar-refractivity contribution < 1.29 is 9.59 Å². The van der Waals surface area contributed by atoms with Crippen LogP contribution in [0.15, 0.2) is 60.7 Å². The molecule has 1 fully saturated rings. The van der Waals surface area contributed by atoms with Gasteiger partial charge in [0.1, 0.15) is 0 Å². The van der Waals surface area contributed by atoms with Gasteiger partial charge in [0.2, 0.25) is 5.91 Å². The summed E-state index contributed by atoms with van der Waals surface area (Å²) in [6.07, 6.45) is 1.07. The molecular weight excluding hydrogens is 457 g/mol. The van der Waals surface area contributed by atoms with Crippen LogP contribution in [-0.2, 0) is 0 Å². The maximum absolute atomic E-state index is 13.3. The van der Waals surface area contributed by atoms with Crippen molar-refractivity contribution in [2.75, 3.05) is 29.9 Å². The summed E-state index contributed by atoms with van der Waals surface area (Å²) in [5, 5.41) is 0.936. The fourth-order valence-corrected chi connectivity index (χ4v) is 4.65. The number of nitrogens with two attached hydrogens (primary N) is 1. The fourth-order valence-electron chi connectivity index (χ4n) is 4.21. The van der Waals surface area contributed by atoms with Crippen LogP contribution in [0.2, 0.25) is 10.0 Å². The number of carbonyl (C=O) groups excluding carboxylic acids is 2. The molecule has 170 valence electrons. The molecule has 3 aromatic rings. The van der Waals surface area contributed by atoms with Crippen LogP contribution >= 0.6 is 23.2 Å². The average Bonchev–Trinajstić information content (AvgIpc) is 3.24. The Balaban J connectivity index is 1.80. The minimum atomic E-state index is -0.511. The molecule has 5 nitrogen and oxygen atoms in total. The first kappa shape index (κ1) is 23.1. The zero-order chi connectivity index (χ0) is 23.7. The van der Waals surface area contributed by atoms with E-state index in [1.165, 1.54) is 0 Å². The van der Waals surface area contributed by atoms with Crippen molar-refractivity contribution in [2.24, 2.45) is 11.7 Å². The standard InChI is InChI=1S/C26H25Cl2N3O2/c1-16-11-12-31(15-16)24-14-17(20-13-18(25(29)32)7-9-22(20)28)8-10-23(24)30(2)26(33)19-5-3-4-6-21(19)27/h3-10,13-14,16H,11-12,15H2,1-2H3,(H2,29,32). The Morgan fingerprint density at radius 2 is 1.79 bits per heavy atom. The number of hydrogen-bond donors (Lipinski definition) is 1. The molecule has 1 unspecified atom stereocenters. The van der Waals surface area contributed by atoms with Crippen molar-refractivity contribution in [3.63, 3.8) is 0 Å². The van der Waals surface area contributed by atoms with Crippen LogP contribution in [0.25, 0.3) is 11.1 Å². The number of nitrogens with zero attached hydrogens (tertiary/aromatic N) is 2. The zero-order valence-corrected chi connectivity index (χ0v) is 20.0. The minimum absolute atomic E-state index is 0.185. The number of carbonyl (C=O) groups is 2. The van der Waals surface area contributed by atoms with Gasteiger partial charge in [-0.3, -0.25) is 9.59 Å². The molecule has 0 aromatic heterocycles. The Bertz CT molecular complexity index is 1230. The topological polar surface area (TPSA) is 66.6 Å². The van der Waals surface area contributed by atoms with Crippen molar-refractivity contribution in [2.45, 2.75) is 13.3 Å². The number of anilines is 2. The van der Waals surface area contributed by atoms with Crippen LogP contribution < -0.4 is 15.5 Å². The van der Waals surface area contributed by atoms with Gasteiger partial charge in [-0.1, -0.05) is 48.3 Å². The van der Waals surface area contributed by atoms with Gasteiger partial charge in [-0.15, -0.1) is 0 Å². The highest BCUT2D eigenvalue weighted by Gasteiger charge is 2.26. The first-order chi connectivity index (χ1) is 15.8. The maximum Gasteiger partial charge on any atom is 0.259 e. The van der Waals surface area contributed by atoms with Crippen molar-refractivity contribution in [3.05, 3.63) is 81.8 Å². The van der Waals surface area contributed by atoms with E-state index in [0.717, 1.165) is 36.4 Å². The predicted molar refractivity (Wildman–Crippen MR) is 136 cm³/mol. The molecule has 1 saturated heterocycles. The van der Waals surface area contributed by atoms with Gasteiger partial charge in [0.05, 0.1) is 22.0 Å². The Kier molecular flexibility index (Phi) is 6.63. The first-order valence-corrected chi connectivity index (χ1v) is 11.5. The monoisotopic (exact) mass is 481 g/mol. The van der Waals surface area contributed by atoms with Gasteiger partial charge in [-0.05, 0) is 60.4 Å². The molecular formula is C26H25Cl2N3O2. The molecule has 1 aliphatic heterocycles. The lowest BCUT2D eigenvalue weighted by molar-refractivity contribution is 0.0988. The SMILES string of the molecule is CC1CCN(c2cc(-c3cc(C(N)=O)ccc3Cl)ccc2N(C)C(=O)c2ccccc2Cl)C1. The Morgan fingerprint density at radius 1 is 1.03 bits per heavy atom. The van der Waals surface area contributed by atoms with E-state index in [-0.39, 0.29) is 5.91 Å². The van der Waals surface area contributed by atoms with E-state index in [2.05, 4.69) is 11.8 Å². The second kappa shape index (κ2) is 9.46. The molecule has 2 amide bonds. The van der Waals surface area contributed by atoms with E-state index in [0.29, 0.717) is 32.7 Å². The third-order valence-electron chi connectivity index (χ3n) is 6.07. The number of primary amides is 1. The second-order valence-corrected chi connectivity index (χ2v) is 9.26. The van der Waals surface area contributed by atoms with Crippen molar-refractivity contribution in [1.82, 2.24) is 0 Å². The summed E-state index contributed by atoms with van der Waals surface area (Å²) in [6, 6.07) is 17.9. The highest BCUT2D eigenvalue weighted by Crippen LogP contribution is 2.39. The average molecular weight is 482 g/mol. The number of hydrogen-bond acceptors (Lipinski definition) is 3. The smallest absolute Gasteiger partial charge is 0.259 e. The molecule has 4 rings (SSSR count). The zero-order valence-electron chi connectivity index (χ0n) is 18.5. The molecule has 1 aliphatic rings. The largest absolute Gasteiger partial charge is 0.370 e. The number of rotatable bonds is 5. The number of halogens is 2. The molecule has 0 aliphatic carbocycles. The van der Waals surface area contributed by atoms with Crippen LogP contribution in [-0.4, -0.2) is 32.0 Å². The van der Waals surface area contributed by atoms with E-state index in [4.69, 9.17) is 28.9 Å². The van der Waals surface area contributed by atoms with Gasteiger partial charge in [-0.25, -0.2) is 0 Å². The van der Waals surface area contributed by atoms with Gasteiger partial charge in [0, 0.05) is 36.3 Å². The van der Waals surface area contributed by atoms with Crippen molar-refractivity contribution in [3.8, 4) is 11.1 Å². The van der Waals surface area contributed by atoms with Crippen LogP contribution in [0, 0.1) is 5.92 Å². The van der Waals surface area contributed by atoms with E-state index in [9.17, 15) is 9.59 Å². The summed E-state index contributed by atoms with van der Waals surface area (Å²) in [5.74, 6) is -0.147. The number of amides is 2. The van der Waals surface area contributed by atoms with E-state index < -0.39 is 5.91 Å². The molecule has 7 heteroatoms. The summed E-state index contributed by atoms with van der Waals surface area (Å²) in [4.78, 5) is 28.9. The normalized spacial score (nSPS) is 15.5. The van der Waals surface area contributed by atoms with Gasteiger partial charge in [0.15, 0.2) is 0 Å². The van der Waals surface area contributed by atoms with Crippen molar-refractivity contribution >= 4 is 46.4 Å². The first-order valence-electron chi connectivity index (χ1n) is 10.8. The minimum Gasteiger partial charge on any atom is -0.370 e. The lowest BCUT2D eigenvalue weighted by atomic mass is 10.0. The van der Waals surface area contributed by atoms with Gasteiger partial charge in [0.25, 0.3) is 5.91 Å². The summed E-state index contributed by atoms with van der Waals surface area (Å²) in [5.41, 5.74) is 9.58. The molecule has 1 atom stereocenters. The lowest BCUT2D eigenvalue weighted by Crippen LogP contribution is -2.29. The number of benzene rings is 3. The fraction of sp³-hybridized carbons (Fsp3) is 0.231. The molecule has 3 aromatic carbocycles. The predicted octanol–water partition coefficient (Wildman–Crippen LogP) is 5.88. The lowest BCUT2D eigenvalue weighted by Gasteiger charge is -2.28. The Labute approximate surface area is 203 Å². The van der Waals surface area contributed by atoms with Gasteiger partial charge in [-0.2, -0.15) is 0 Å². The molecule has 0 bridgehead atoms. The molecule has 1 heterocycles. The van der Waals surface area contributed by atoms with E-state index in [1.54, 1.807) is 54.4 Å². The maximum atomic E-state index is 13.3. The van der Waals surface area contributed by atoms with Gasteiger partial charge >= 0.3 is 0 Å².